The zero-order valence-corrected chi connectivity index (χ0v) is 18.5. The predicted octanol–water partition coefficient (Wildman–Crippen LogP) is 5.15. The van der Waals surface area contributed by atoms with Gasteiger partial charge in [0.25, 0.3) is 5.91 Å². The van der Waals surface area contributed by atoms with Crippen molar-refractivity contribution < 1.29 is 19.0 Å². The molecule has 1 aliphatic heterocycles. The topological polar surface area (TPSA) is 56.8 Å². The van der Waals surface area contributed by atoms with Crippen LogP contribution in [-0.4, -0.2) is 24.7 Å². The third-order valence-electron chi connectivity index (χ3n) is 5.08. The first-order valence-electron chi connectivity index (χ1n) is 9.70. The molecule has 2 aromatic rings. The minimum Gasteiger partial charge on any atom is -0.497 e. The number of hydrogen-bond donors (Lipinski definition) is 1. The maximum atomic E-state index is 12.9. The van der Waals surface area contributed by atoms with Crippen molar-refractivity contribution in [2.24, 2.45) is 0 Å². The fourth-order valence-corrected chi connectivity index (χ4v) is 3.72. The molecule has 1 amide bonds. The second kappa shape index (κ2) is 8.15. The van der Waals surface area contributed by atoms with E-state index >= 15 is 0 Å². The van der Waals surface area contributed by atoms with Crippen LogP contribution in [0.2, 0.25) is 5.02 Å². The van der Waals surface area contributed by atoms with Crippen molar-refractivity contribution >= 4 is 17.5 Å². The van der Waals surface area contributed by atoms with Crippen molar-refractivity contribution in [1.29, 1.82) is 0 Å². The zero-order chi connectivity index (χ0) is 21.3. The number of fused-ring (bicyclic) bond motifs is 1. The molecule has 0 fully saturated rings. The SMILES string of the molecule is COc1ccc2c(c1)C(NC(=O)C(C)Oc1cc(C)c(Cl)c(C)c1)CC(C)(C)O2. The summed E-state index contributed by atoms with van der Waals surface area (Å²) in [6, 6.07) is 9.14. The Morgan fingerprint density at radius 1 is 1.21 bits per heavy atom. The Bertz CT molecular complexity index is 902. The van der Waals surface area contributed by atoms with Gasteiger partial charge in [0, 0.05) is 17.0 Å². The highest BCUT2D eigenvalue weighted by molar-refractivity contribution is 6.32. The number of aryl methyl sites for hydroxylation is 2. The minimum atomic E-state index is -0.657. The van der Waals surface area contributed by atoms with Gasteiger partial charge in [-0.15, -0.1) is 0 Å². The van der Waals surface area contributed by atoms with Crippen molar-refractivity contribution in [1.82, 2.24) is 5.32 Å². The van der Waals surface area contributed by atoms with Gasteiger partial charge in [-0.3, -0.25) is 4.79 Å². The van der Waals surface area contributed by atoms with Gasteiger partial charge in [-0.2, -0.15) is 0 Å². The molecular formula is C23H28ClNO4. The second-order valence-electron chi connectivity index (χ2n) is 8.16. The number of hydrogen-bond acceptors (Lipinski definition) is 4. The molecule has 0 aliphatic carbocycles. The first kappa shape index (κ1) is 21.3. The monoisotopic (exact) mass is 417 g/mol. The molecule has 1 aliphatic rings. The summed E-state index contributed by atoms with van der Waals surface area (Å²) in [5, 5.41) is 3.83. The lowest BCUT2D eigenvalue weighted by Gasteiger charge is -2.38. The fraction of sp³-hybridized carbons (Fsp3) is 0.435. The first-order valence-corrected chi connectivity index (χ1v) is 10.1. The standard InChI is InChI=1S/C23H28ClNO4/c1-13-9-17(10-14(2)21(13)24)28-15(3)22(26)25-19-12-23(4,5)29-20-8-7-16(27-6)11-18(19)20/h7-11,15,19H,12H2,1-6H3,(H,25,26). The molecule has 1 heterocycles. The number of carbonyl (C=O) groups excluding carboxylic acids is 1. The van der Waals surface area contributed by atoms with Crippen molar-refractivity contribution in [3.05, 3.63) is 52.0 Å². The highest BCUT2D eigenvalue weighted by atomic mass is 35.5. The highest BCUT2D eigenvalue weighted by Crippen LogP contribution is 2.41. The summed E-state index contributed by atoms with van der Waals surface area (Å²) >= 11 is 6.22. The van der Waals surface area contributed by atoms with Gasteiger partial charge in [0.1, 0.15) is 22.8 Å². The lowest BCUT2D eigenvalue weighted by Crippen LogP contribution is -2.44. The number of benzene rings is 2. The Morgan fingerprint density at radius 2 is 1.86 bits per heavy atom. The molecule has 0 radical (unpaired) electrons. The maximum absolute atomic E-state index is 12.9. The van der Waals surface area contributed by atoms with Crippen molar-refractivity contribution in [2.45, 2.75) is 58.8 Å². The summed E-state index contributed by atoms with van der Waals surface area (Å²) in [6.45, 7) is 9.60. The van der Waals surface area contributed by atoms with Gasteiger partial charge in [-0.25, -0.2) is 0 Å². The largest absolute Gasteiger partial charge is 0.497 e. The van der Waals surface area contributed by atoms with Gasteiger partial charge in [0.05, 0.1) is 13.2 Å². The van der Waals surface area contributed by atoms with Crippen LogP contribution in [0, 0.1) is 13.8 Å². The van der Waals surface area contributed by atoms with Crippen LogP contribution < -0.4 is 19.5 Å². The summed E-state index contributed by atoms with van der Waals surface area (Å²) < 4.78 is 17.3. The van der Waals surface area contributed by atoms with E-state index in [9.17, 15) is 4.79 Å². The van der Waals surface area contributed by atoms with E-state index in [1.807, 2.05) is 58.0 Å². The molecule has 0 aromatic heterocycles. The van der Waals surface area contributed by atoms with E-state index in [-0.39, 0.29) is 11.9 Å². The summed E-state index contributed by atoms with van der Waals surface area (Å²) in [7, 11) is 1.62. The maximum Gasteiger partial charge on any atom is 0.261 e. The van der Waals surface area contributed by atoms with E-state index in [1.165, 1.54) is 0 Å². The van der Waals surface area contributed by atoms with Crippen LogP contribution in [0.3, 0.4) is 0 Å². The molecule has 0 spiro atoms. The molecule has 0 bridgehead atoms. The highest BCUT2D eigenvalue weighted by Gasteiger charge is 2.35. The average Bonchev–Trinajstić information content (AvgIpc) is 2.64. The average molecular weight is 418 g/mol. The quantitative estimate of drug-likeness (QED) is 0.730. The number of nitrogens with one attached hydrogen (secondary N) is 1. The normalized spacial score (nSPS) is 18.2. The van der Waals surface area contributed by atoms with E-state index in [0.29, 0.717) is 17.2 Å². The van der Waals surface area contributed by atoms with Crippen LogP contribution in [-0.2, 0) is 4.79 Å². The van der Waals surface area contributed by atoms with E-state index in [1.54, 1.807) is 14.0 Å². The lowest BCUT2D eigenvalue weighted by atomic mass is 9.89. The van der Waals surface area contributed by atoms with Crippen LogP contribution in [0.25, 0.3) is 0 Å². The molecule has 6 heteroatoms. The number of carbonyl (C=O) groups is 1. The van der Waals surface area contributed by atoms with Crippen molar-refractivity contribution in [2.75, 3.05) is 7.11 Å². The number of amides is 1. The Kier molecular flexibility index (Phi) is 5.99. The Hall–Kier alpha value is -2.40. The Labute approximate surface area is 177 Å². The smallest absolute Gasteiger partial charge is 0.261 e. The molecule has 2 unspecified atom stereocenters. The lowest BCUT2D eigenvalue weighted by molar-refractivity contribution is -0.128. The number of ether oxygens (including phenoxy) is 3. The number of rotatable bonds is 5. The zero-order valence-electron chi connectivity index (χ0n) is 17.8. The van der Waals surface area contributed by atoms with Crippen LogP contribution >= 0.6 is 11.6 Å². The molecule has 2 aromatic carbocycles. The molecule has 1 N–H and O–H groups in total. The van der Waals surface area contributed by atoms with Crippen LogP contribution in [0.5, 0.6) is 17.2 Å². The molecule has 3 rings (SSSR count). The molecule has 0 saturated heterocycles. The first-order chi connectivity index (χ1) is 13.6. The van der Waals surface area contributed by atoms with E-state index in [0.717, 1.165) is 28.2 Å². The molecule has 29 heavy (non-hydrogen) atoms. The van der Waals surface area contributed by atoms with Gasteiger partial charge >= 0.3 is 0 Å². The number of halogens is 1. The van der Waals surface area contributed by atoms with Gasteiger partial charge in [0.15, 0.2) is 6.10 Å². The molecule has 156 valence electrons. The molecule has 2 atom stereocenters. The fourth-order valence-electron chi connectivity index (χ4n) is 3.61. The minimum absolute atomic E-state index is 0.188. The van der Waals surface area contributed by atoms with Crippen LogP contribution in [0.4, 0.5) is 0 Å². The van der Waals surface area contributed by atoms with E-state index in [2.05, 4.69) is 5.32 Å². The molecule has 0 saturated carbocycles. The van der Waals surface area contributed by atoms with Gasteiger partial charge < -0.3 is 19.5 Å². The van der Waals surface area contributed by atoms with Crippen molar-refractivity contribution in [3.8, 4) is 17.2 Å². The van der Waals surface area contributed by atoms with Gasteiger partial charge in [0.2, 0.25) is 0 Å². The second-order valence-corrected chi connectivity index (χ2v) is 8.54. The van der Waals surface area contributed by atoms with E-state index < -0.39 is 11.7 Å². The summed E-state index contributed by atoms with van der Waals surface area (Å²) in [5.41, 5.74) is 2.35. The number of methoxy groups -OCH3 is 1. The Balaban J connectivity index is 1.77. The molecule has 5 nitrogen and oxygen atoms in total. The van der Waals surface area contributed by atoms with Gasteiger partial charge in [-0.05, 0) is 76.1 Å². The third-order valence-corrected chi connectivity index (χ3v) is 5.68. The van der Waals surface area contributed by atoms with Crippen LogP contribution in [0.1, 0.15) is 49.9 Å². The van der Waals surface area contributed by atoms with Gasteiger partial charge in [-0.1, -0.05) is 11.6 Å². The predicted molar refractivity (Wildman–Crippen MR) is 114 cm³/mol. The summed E-state index contributed by atoms with van der Waals surface area (Å²) in [6.07, 6.45) is -0.0138. The van der Waals surface area contributed by atoms with Crippen molar-refractivity contribution in [3.63, 3.8) is 0 Å². The van der Waals surface area contributed by atoms with E-state index in [4.69, 9.17) is 25.8 Å². The Morgan fingerprint density at radius 3 is 2.48 bits per heavy atom. The van der Waals surface area contributed by atoms with Crippen LogP contribution in [0.15, 0.2) is 30.3 Å². The summed E-state index contributed by atoms with van der Waals surface area (Å²) in [5.74, 6) is 1.92. The summed E-state index contributed by atoms with van der Waals surface area (Å²) in [4.78, 5) is 12.9. The molecular weight excluding hydrogens is 390 g/mol. The third kappa shape index (κ3) is 4.78.